The lowest BCUT2D eigenvalue weighted by Gasteiger charge is -2.24. The molecule has 0 unspecified atom stereocenters. The van der Waals surface area contributed by atoms with E-state index in [1.807, 2.05) is 60.8 Å². The van der Waals surface area contributed by atoms with Gasteiger partial charge in [-0.1, -0.05) is 48.0 Å². The van der Waals surface area contributed by atoms with E-state index in [0.29, 0.717) is 29.0 Å². The summed E-state index contributed by atoms with van der Waals surface area (Å²) in [5.41, 5.74) is 5.27. The molecule has 4 aromatic rings. The molecule has 0 aliphatic rings. The molecule has 2 N–H and O–H groups in total. The van der Waals surface area contributed by atoms with Gasteiger partial charge in [0.15, 0.2) is 5.13 Å². The van der Waals surface area contributed by atoms with Gasteiger partial charge in [0.05, 0.1) is 29.9 Å². The van der Waals surface area contributed by atoms with Crippen molar-refractivity contribution in [3.05, 3.63) is 88.3 Å². The molecular weight excluding hydrogens is 544 g/mol. The number of anilines is 2. The van der Waals surface area contributed by atoms with Crippen LogP contribution in [0.2, 0.25) is 0 Å². The van der Waals surface area contributed by atoms with E-state index < -0.39 is 15.9 Å². The van der Waals surface area contributed by atoms with Crippen molar-refractivity contribution in [3.8, 4) is 17.0 Å². The van der Waals surface area contributed by atoms with Crippen LogP contribution in [0.5, 0.6) is 5.75 Å². The monoisotopic (exact) mass is 578 g/mol. The molecule has 0 spiro atoms. The Kier molecular flexibility index (Phi) is 9.24. The smallest absolute Gasteiger partial charge is 0.244 e. The van der Waals surface area contributed by atoms with E-state index in [1.165, 1.54) is 22.8 Å². The first kappa shape index (κ1) is 29.3. The average molecular weight is 579 g/mol. The molecule has 40 heavy (non-hydrogen) atoms. The van der Waals surface area contributed by atoms with Gasteiger partial charge in [-0.2, -0.15) is 4.31 Å². The quantitative estimate of drug-likeness (QED) is 0.238. The highest BCUT2D eigenvalue weighted by molar-refractivity contribution is 7.89. The van der Waals surface area contributed by atoms with Gasteiger partial charge in [-0.25, -0.2) is 13.4 Å². The summed E-state index contributed by atoms with van der Waals surface area (Å²) in [5, 5.41) is 8.59. The van der Waals surface area contributed by atoms with Crippen LogP contribution in [-0.4, -0.2) is 50.9 Å². The van der Waals surface area contributed by atoms with E-state index in [4.69, 9.17) is 4.74 Å². The third-order valence-corrected chi connectivity index (χ3v) is 9.51. The van der Waals surface area contributed by atoms with Crippen molar-refractivity contribution in [3.63, 3.8) is 0 Å². The molecule has 1 amide bonds. The number of nitrogens with one attached hydrogen (secondary N) is 2. The summed E-state index contributed by atoms with van der Waals surface area (Å²) in [6.07, 6.45) is 0.466. The van der Waals surface area contributed by atoms with Gasteiger partial charge in [0.2, 0.25) is 15.9 Å². The summed E-state index contributed by atoms with van der Waals surface area (Å²) in [6.45, 7) is 5.31. The predicted molar refractivity (Wildman–Crippen MR) is 162 cm³/mol. The maximum atomic E-state index is 14.0. The minimum absolute atomic E-state index is 0.148. The van der Waals surface area contributed by atoms with Crippen molar-refractivity contribution in [1.82, 2.24) is 9.29 Å². The maximum Gasteiger partial charge on any atom is 0.244 e. The highest BCUT2D eigenvalue weighted by Gasteiger charge is 2.30. The first-order valence-electron chi connectivity index (χ1n) is 12.9. The second-order valence-corrected chi connectivity index (χ2v) is 12.3. The minimum Gasteiger partial charge on any atom is -0.495 e. The molecule has 0 fully saturated rings. The lowest BCUT2D eigenvalue weighted by atomic mass is 10.1. The zero-order valence-electron chi connectivity index (χ0n) is 23.3. The van der Waals surface area contributed by atoms with Crippen molar-refractivity contribution in [2.75, 3.05) is 37.9 Å². The van der Waals surface area contributed by atoms with Crippen molar-refractivity contribution < 1.29 is 17.9 Å². The Hall–Kier alpha value is -3.73. The second-order valence-electron chi connectivity index (χ2n) is 9.55. The van der Waals surface area contributed by atoms with Crippen molar-refractivity contribution in [1.29, 1.82) is 0 Å². The number of thiazole rings is 1. The standard InChI is InChI=1S/C30H34N4O4S2/c1-20-15-21(2)29(22(3)16-20)40(36,37)34(14-13-23-9-7-6-8-10-23)18-28(35)32-25-17-24(11-12-27(25)38-5)26-19-39-30(31-4)33-26/h6-12,15-17,19H,13-14,18H2,1-5H3,(H,31,33)(H,32,35). The molecule has 10 heteroatoms. The van der Waals surface area contributed by atoms with Crippen molar-refractivity contribution in [2.24, 2.45) is 0 Å². The molecule has 0 saturated carbocycles. The number of nitrogens with zero attached hydrogens (tertiary/aromatic N) is 2. The van der Waals surface area contributed by atoms with Gasteiger partial charge >= 0.3 is 0 Å². The van der Waals surface area contributed by atoms with Gasteiger partial charge in [0, 0.05) is 24.5 Å². The Labute approximate surface area is 240 Å². The van der Waals surface area contributed by atoms with E-state index >= 15 is 0 Å². The predicted octanol–water partition coefficient (Wildman–Crippen LogP) is 5.66. The normalized spacial score (nSPS) is 11.4. The number of carbonyl (C=O) groups excluding carboxylic acids is 1. The average Bonchev–Trinajstić information content (AvgIpc) is 3.40. The van der Waals surface area contributed by atoms with Crippen molar-refractivity contribution in [2.45, 2.75) is 32.1 Å². The Morgan fingerprint density at radius 2 is 1.73 bits per heavy atom. The number of hydrogen-bond acceptors (Lipinski definition) is 7. The molecule has 0 bridgehead atoms. The van der Waals surface area contributed by atoms with Gasteiger partial charge in [0.25, 0.3) is 0 Å². The van der Waals surface area contributed by atoms with E-state index in [0.717, 1.165) is 27.5 Å². The molecule has 1 heterocycles. The molecule has 0 aliphatic heterocycles. The van der Waals surface area contributed by atoms with Gasteiger partial charge in [-0.15, -0.1) is 11.3 Å². The first-order valence-corrected chi connectivity index (χ1v) is 15.2. The third-order valence-electron chi connectivity index (χ3n) is 6.50. The molecule has 210 valence electrons. The number of hydrogen-bond donors (Lipinski definition) is 2. The highest BCUT2D eigenvalue weighted by atomic mass is 32.2. The molecule has 0 radical (unpaired) electrons. The number of methoxy groups -OCH3 is 1. The largest absolute Gasteiger partial charge is 0.495 e. The molecule has 1 aromatic heterocycles. The molecule has 3 aromatic carbocycles. The Morgan fingerprint density at radius 1 is 1.02 bits per heavy atom. The number of aromatic nitrogens is 1. The summed E-state index contributed by atoms with van der Waals surface area (Å²) in [6, 6.07) is 18.7. The fraction of sp³-hybridized carbons (Fsp3) is 0.267. The van der Waals surface area contributed by atoms with Crippen LogP contribution < -0.4 is 15.4 Å². The zero-order chi connectivity index (χ0) is 28.9. The van der Waals surface area contributed by atoms with Crippen LogP contribution in [0.1, 0.15) is 22.3 Å². The zero-order valence-corrected chi connectivity index (χ0v) is 24.9. The third kappa shape index (κ3) is 6.70. The summed E-state index contributed by atoms with van der Waals surface area (Å²) < 4.78 is 34.7. The number of rotatable bonds is 11. The van der Waals surface area contributed by atoms with Gasteiger partial charge < -0.3 is 15.4 Å². The number of ether oxygens (including phenoxy) is 1. The number of amides is 1. The lowest BCUT2D eigenvalue weighted by Crippen LogP contribution is -2.40. The molecule has 0 aliphatic carbocycles. The van der Waals surface area contributed by atoms with Crippen LogP contribution >= 0.6 is 11.3 Å². The summed E-state index contributed by atoms with van der Waals surface area (Å²) >= 11 is 1.48. The van der Waals surface area contributed by atoms with Crippen LogP contribution in [0.25, 0.3) is 11.3 Å². The Balaban J connectivity index is 1.63. The highest BCUT2D eigenvalue weighted by Crippen LogP contribution is 2.32. The van der Waals surface area contributed by atoms with Crippen LogP contribution in [0.15, 0.2) is 70.9 Å². The van der Waals surface area contributed by atoms with E-state index in [9.17, 15) is 13.2 Å². The van der Waals surface area contributed by atoms with Gasteiger partial charge in [-0.3, -0.25) is 4.79 Å². The van der Waals surface area contributed by atoms with E-state index in [1.54, 1.807) is 33.0 Å². The van der Waals surface area contributed by atoms with Crippen LogP contribution in [-0.2, 0) is 21.2 Å². The van der Waals surface area contributed by atoms with Crippen LogP contribution in [0.3, 0.4) is 0 Å². The topological polar surface area (TPSA) is 101 Å². The Morgan fingerprint density at radius 3 is 2.35 bits per heavy atom. The number of carbonyl (C=O) groups is 1. The van der Waals surface area contributed by atoms with Gasteiger partial charge in [-0.05, 0) is 62.1 Å². The summed E-state index contributed by atoms with van der Waals surface area (Å²) in [5.74, 6) is -0.00576. The molecule has 4 rings (SSSR count). The molecule has 0 saturated heterocycles. The summed E-state index contributed by atoms with van der Waals surface area (Å²) in [7, 11) is -0.653. The van der Waals surface area contributed by atoms with E-state index in [2.05, 4.69) is 15.6 Å². The van der Waals surface area contributed by atoms with E-state index in [-0.39, 0.29) is 18.0 Å². The summed E-state index contributed by atoms with van der Waals surface area (Å²) in [4.78, 5) is 18.2. The minimum atomic E-state index is -3.98. The number of aryl methyl sites for hydroxylation is 3. The maximum absolute atomic E-state index is 14.0. The van der Waals surface area contributed by atoms with Crippen LogP contribution in [0, 0.1) is 20.8 Å². The number of sulfonamides is 1. The molecular formula is C30H34N4O4S2. The second kappa shape index (κ2) is 12.6. The van der Waals surface area contributed by atoms with Crippen LogP contribution in [0.4, 0.5) is 10.8 Å². The fourth-order valence-electron chi connectivity index (χ4n) is 4.72. The lowest BCUT2D eigenvalue weighted by molar-refractivity contribution is -0.116. The molecule has 8 nitrogen and oxygen atoms in total. The number of benzene rings is 3. The van der Waals surface area contributed by atoms with Crippen molar-refractivity contribution >= 4 is 38.1 Å². The van der Waals surface area contributed by atoms with Gasteiger partial charge in [0.1, 0.15) is 5.75 Å². The molecule has 0 atom stereocenters. The first-order chi connectivity index (χ1) is 19.1. The Bertz CT molecular complexity index is 1580. The fourth-order valence-corrected chi connectivity index (χ4v) is 7.21. The SMILES string of the molecule is CNc1nc(-c2ccc(OC)c(NC(=O)CN(CCc3ccccc3)S(=O)(=O)c3c(C)cc(C)cc3C)c2)cs1.